The van der Waals surface area contributed by atoms with Crippen LogP contribution in [0.15, 0.2) is 48.5 Å². The van der Waals surface area contributed by atoms with Crippen LogP contribution in [0.3, 0.4) is 0 Å². The van der Waals surface area contributed by atoms with Gasteiger partial charge in [0.2, 0.25) is 5.91 Å². The van der Waals surface area contributed by atoms with Crippen molar-refractivity contribution in [2.45, 2.75) is 24.9 Å². The van der Waals surface area contributed by atoms with Crippen molar-refractivity contribution < 1.29 is 18.7 Å². The lowest BCUT2D eigenvalue weighted by atomic mass is 9.97. The van der Waals surface area contributed by atoms with Crippen LogP contribution >= 0.6 is 0 Å². The summed E-state index contributed by atoms with van der Waals surface area (Å²) in [5, 5.41) is 4.38. The summed E-state index contributed by atoms with van der Waals surface area (Å²) in [6.07, 6.45) is 1.48. The van der Waals surface area contributed by atoms with E-state index in [0.29, 0.717) is 38.0 Å². The van der Waals surface area contributed by atoms with Crippen molar-refractivity contribution in [3.05, 3.63) is 59.9 Å². The van der Waals surface area contributed by atoms with Gasteiger partial charge in [0.25, 0.3) is 0 Å². The Morgan fingerprint density at radius 3 is 2.59 bits per heavy atom. The number of hydrogen-bond donors (Lipinski definition) is 2. The Labute approximate surface area is 168 Å². The first-order valence-electron chi connectivity index (χ1n) is 9.54. The van der Waals surface area contributed by atoms with E-state index in [0.717, 1.165) is 11.3 Å². The largest absolute Gasteiger partial charge is 0.497 e. The number of likely N-dealkylation sites (tertiary alicyclic amines) is 1. The zero-order valence-corrected chi connectivity index (χ0v) is 16.2. The summed E-state index contributed by atoms with van der Waals surface area (Å²) in [4.78, 5) is 26.9. The van der Waals surface area contributed by atoms with Gasteiger partial charge in [0.1, 0.15) is 17.2 Å². The molecule has 0 bridgehead atoms. The second kappa shape index (κ2) is 7.71. The fourth-order valence-corrected chi connectivity index (χ4v) is 3.77. The van der Waals surface area contributed by atoms with E-state index in [-0.39, 0.29) is 17.8 Å². The highest BCUT2D eigenvalue weighted by Gasteiger charge is 2.45. The van der Waals surface area contributed by atoms with Gasteiger partial charge in [-0.05, 0) is 42.0 Å². The van der Waals surface area contributed by atoms with Crippen LogP contribution in [-0.2, 0) is 11.2 Å². The molecule has 2 aliphatic heterocycles. The molecule has 2 heterocycles. The first-order valence-corrected chi connectivity index (χ1v) is 9.54. The molecule has 2 saturated heterocycles. The smallest absolute Gasteiger partial charge is 0.338 e. The predicted molar refractivity (Wildman–Crippen MR) is 106 cm³/mol. The number of nitrogens with one attached hydrogen (secondary N) is 2. The third kappa shape index (κ3) is 4.02. The number of benzene rings is 2. The number of carbonyl (C=O) groups is 2. The molecule has 3 amide bonds. The molecule has 0 atom stereocenters. The number of carbonyl (C=O) groups excluding carboxylic acids is 2. The fraction of sp³-hybridized carbons (Fsp3) is 0.333. The number of urea groups is 1. The molecule has 2 aromatic carbocycles. The molecule has 152 valence electrons. The van der Waals surface area contributed by atoms with Crippen molar-refractivity contribution >= 4 is 17.6 Å². The van der Waals surface area contributed by atoms with Gasteiger partial charge in [0.15, 0.2) is 0 Å². The molecule has 4 rings (SSSR count). The molecule has 2 aliphatic rings. The van der Waals surface area contributed by atoms with E-state index in [1.165, 1.54) is 17.1 Å². The number of halogens is 1. The lowest BCUT2D eigenvalue weighted by Crippen LogP contribution is -2.58. The third-order valence-electron chi connectivity index (χ3n) is 5.42. The van der Waals surface area contributed by atoms with Gasteiger partial charge in [-0.2, -0.15) is 0 Å². The SMILES string of the molecule is COc1cccc(CC(=O)N2CCC3(CC2)NC(=O)N(c2ccc(F)cc2)N3)c1. The number of rotatable bonds is 4. The first kappa shape index (κ1) is 19.2. The molecule has 7 nitrogen and oxygen atoms in total. The van der Waals surface area contributed by atoms with Gasteiger partial charge in [-0.1, -0.05) is 12.1 Å². The molecule has 8 heteroatoms. The quantitative estimate of drug-likeness (QED) is 0.830. The van der Waals surface area contributed by atoms with Gasteiger partial charge < -0.3 is 15.0 Å². The lowest BCUT2D eigenvalue weighted by molar-refractivity contribution is -0.132. The van der Waals surface area contributed by atoms with Crippen LogP contribution in [0.4, 0.5) is 14.9 Å². The minimum atomic E-state index is -0.599. The van der Waals surface area contributed by atoms with E-state index in [1.807, 2.05) is 29.2 Å². The number of hydrazine groups is 1. The van der Waals surface area contributed by atoms with E-state index < -0.39 is 5.66 Å². The first-order chi connectivity index (χ1) is 14.0. The summed E-state index contributed by atoms with van der Waals surface area (Å²) >= 11 is 0. The van der Waals surface area contributed by atoms with Gasteiger partial charge >= 0.3 is 6.03 Å². The van der Waals surface area contributed by atoms with Crippen molar-refractivity contribution in [3.63, 3.8) is 0 Å². The Morgan fingerprint density at radius 2 is 1.90 bits per heavy atom. The number of hydrogen-bond acceptors (Lipinski definition) is 4. The van der Waals surface area contributed by atoms with Gasteiger partial charge in [-0.3, -0.25) is 4.79 Å². The van der Waals surface area contributed by atoms with Crippen LogP contribution < -0.4 is 20.5 Å². The Morgan fingerprint density at radius 1 is 1.17 bits per heavy atom. The van der Waals surface area contributed by atoms with Crippen LogP contribution in [0.1, 0.15) is 18.4 Å². The minimum absolute atomic E-state index is 0.0489. The number of anilines is 1. The molecule has 2 N–H and O–H groups in total. The van der Waals surface area contributed by atoms with E-state index in [2.05, 4.69) is 10.7 Å². The number of ether oxygens (including phenoxy) is 1. The fourth-order valence-electron chi connectivity index (χ4n) is 3.77. The van der Waals surface area contributed by atoms with Crippen LogP contribution in [0.25, 0.3) is 0 Å². The van der Waals surface area contributed by atoms with Crippen LogP contribution in [0.5, 0.6) is 5.75 Å². The third-order valence-corrected chi connectivity index (χ3v) is 5.42. The van der Waals surface area contributed by atoms with Gasteiger partial charge in [0.05, 0.1) is 19.2 Å². The average Bonchev–Trinajstić information content (AvgIpc) is 3.04. The maximum atomic E-state index is 13.2. The highest BCUT2D eigenvalue weighted by atomic mass is 19.1. The Hall–Kier alpha value is -3.13. The number of amides is 3. The Balaban J connectivity index is 1.36. The zero-order valence-electron chi connectivity index (χ0n) is 16.2. The molecule has 0 aromatic heterocycles. The number of piperidine rings is 1. The lowest BCUT2D eigenvalue weighted by Gasteiger charge is -2.39. The molecular formula is C21H23FN4O3. The standard InChI is InChI=1S/C21H23FN4O3/c1-29-18-4-2-3-15(13-18)14-19(27)25-11-9-21(10-12-25)23-20(28)26(24-21)17-7-5-16(22)6-8-17/h2-8,13,24H,9-12,14H2,1H3,(H,23,28). The second-order valence-corrected chi connectivity index (χ2v) is 7.34. The summed E-state index contributed by atoms with van der Waals surface area (Å²) in [5.41, 5.74) is 4.09. The highest BCUT2D eigenvalue weighted by Crippen LogP contribution is 2.27. The maximum absolute atomic E-state index is 13.2. The topological polar surface area (TPSA) is 73.9 Å². The summed E-state index contributed by atoms with van der Waals surface area (Å²) < 4.78 is 18.4. The van der Waals surface area contributed by atoms with Crippen molar-refractivity contribution in [2.75, 3.05) is 25.2 Å². The Kier molecular flexibility index (Phi) is 5.10. The van der Waals surface area contributed by atoms with Gasteiger partial charge in [-0.15, -0.1) is 0 Å². The summed E-state index contributed by atoms with van der Waals surface area (Å²) in [6.45, 7) is 1.07. The minimum Gasteiger partial charge on any atom is -0.497 e. The number of nitrogens with zero attached hydrogens (tertiary/aromatic N) is 2. The monoisotopic (exact) mass is 398 g/mol. The Bertz CT molecular complexity index is 910. The zero-order chi connectivity index (χ0) is 20.4. The van der Waals surface area contributed by atoms with E-state index in [9.17, 15) is 14.0 Å². The molecule has 0 unspecified atom stereocenters. The molecule has 0 radical (unpaired) electrons. The summed E-state index contributed by atoms with van der Waals surface area (Å²) in [7, 11) is 1.60. The second-order valence-electron chi connectivity index (χ2n) is 7.34. The molecular weight excluding hydrogens is 375 g/mol. The molecule has 0 aliphatic carbocycles. The van der Waals surface area contributed by atoms with Gasteiger partial charge in [-0.25, -0.2) is 19.6 Å². The van der Waals surface area contributed by atoms with Crippen LogP contribution in [0, 0.1) is 5.82 Å². The van der Waals surface area contributed by atoms with Crippen LogP contribution in [-0.4, -0.2) is 42.7 Å². The van der Waals surface area contributed by atoms with Crippen molar-refractivity contribution in [1.29, 1.82) is 0 Å². The molecule has 2 fully saturated rings. The average molecular weight is 398 g/mol. The van der Waals surface area contributed by atoms with Crippen molar-refractivity contribution in [3.8, 4) is 5.75 Å². The predicted octanol–water partition coefficient (Wildman–Crippen LogP) is 2.43. The van der Waals surface area contributed by atoms with E-state index in [1.54, 1.807) is 19.2 Å². The molecule has 2 aromatic rings. The molecule has 0 saturated carbocycles. The van der Waals surface area contributed by atoms with Crippen molar-refractivity contribution in [2.24, 2.45) is 0 Å². The van der Waals surface area contributed by atoms with E-state index in [4.69, 9.17) is 4.74 Å². The summed E-state index contributed by atoms with van der Waals surface area (Å²) in [6, 6.07) is 12.9. The van der Waals surface area contributed by atoms with Crippen LogP contribution in [0.2, 0.25) is 0 Å². The van der Waals surface area contributed by atoms with E-state index >= 15 is 0 Å². The highest BCUT2D eigenvalue weighted by molar-refractivity contribution is 5.93. The molecule has 29 heavy (non-hydrogen) atoms. The molecule has 1 spiro atoms. The van der Waals surface area contributed by atoms with Gasteiger partial charge in [0, 0.05) is 25.9 Å². The number of methoxy groups -OCH3 is 1. The normalized spacial score (nSPS) is 18.1. The van der Waals surface area contributed by atoms with Crippen molar-refractivity contribution in [1.82, 2.24) is 15.6 Å². The summed E-state index contributed by atoms with van der Waals surface area (Å²) in [5.74, 6) is 0.422. The maximum Gasteiger partial charge on any atom is 0.338 e.